The third-order valence-corrected chi connectivity index (χ3v) is 5.41. The van der Waals surface area contributed by atoms with Crippen LogP contribution in [0, 0.1) is 5.92 Å². The van der Waals surface area contributed by atoms with Crippen molar-refractivity contribution >= 4 is 11.8 Å². The van der Waals surface area contributed by atoms with Gasteiger partial charge in [-0.25, -0.2) is 0 Å². The van der Waals surface area contributed by atoms with Crippen LogP contribution in [0.15, 0.2) is 35.2 Å². The van der Waals surface area contributed by atoms with Crippen molar-refractivity contribution in [2.24, 2.45) is 5.92 Å². The van der Waals surface area contributed by atoms with Gasteiger partial charge in [0.05, 0.1) is 0 Å². The minimum atomic E-state index is 0.267. The maximum Gasteiger partial charge on any atom is 0.0252 e. The van der Waals surface area contributed by atoms with E-state index in [1.807, 2.05) is 11.8 Å². The molecular formula is C17H26N2S. The van der Waals surface area contributed by atoms with Gasteiger partial charge < -0.3 is 5.32 Å². The van der Waals surface area contributed by atoms with Gasteiger partial charge in [0.15, 0.2) is 0 Å². The molecule has 1 aliphatic heterocycles. The molecule has 1 aromatic rings. The van der Waals surface area contributed by atoms with Crippen LogP contribution in [0.25, 0.3) is 0 Å². The summed E-state index contributed by atoms with van der Waals surface area (Å²) in [7, 11) is 0. The van der Waals surface area contributed by atoms with Gasteiger partial charge >= 0.3 is 0 Å². The van der Waals surface area contributed by atoms with Gasteiger partial charge in [-0.3, -0.25) is 4.90 Å². The van der Waals surface area contributed by atoms with Gasteiger partial charge in [-0.1, -0.05) is 18.2 Å². The first-order chi connectivity index (χ1) is 9.64. The van der Waals surface area contributed by atoms with Crippen LogP contribution in [-0.4, -0.2) is 41.9 Å². The van der Waals surface area contributed by atoms with E-state index in [1.54, 1.807) is 0 Å². The summed E-state index contributed by atoms with van der Waals surface area (Å²) in [5, 5.41) is 3.72. The summed E-state index contributed by atoms with van der Waals surface area (Å²) in [5.74, 6) is 2.16. The first-order valence-electron chi connectivity index (χ1n) is 7.81. The molecule has 0 aromatic heterocycles. The van der Waals surface area contributed by atoms with Crippen molar-refractivity contribution in [1.82, 2.24) is 10.2 Å². The monoisotopic (exact) mass is 290 g/mol. The molecular weight excluding hydrogens is 264 g/mol. The second kappa shape index (κ2) is 6.08. The lowest BCUT2D eigenvalue weighted by atomic mass is 9.97. The van der Waals surface area contributed by atoms with Gasteiger partial charge in [0.2, 0.25) is 0 Å². The number of rotatable bonds is 5. The van der Waals surface area contributed by atoms with Crippen molar-refractivity contribution in [3.8, 4) is 0 Å². The summed E-state index contributed by atoms with van der Waals surface area (Å²) in [6, 6.07) is 11.5. The fourth-order valence-electron chi connectivity index (χ4n) is 3.18. The minimum absolute atomic E-state index is 0.267. The second-order valence-electron chi connectivity index (χ2n) is 6.80. The summed E-state index contributed by atoms with van der Waals surface area (Å²) < 4.78 is 0. The normalized spacial score (nSPS) is 26.6. The van der Waals surface area contributed by atoms with Crippen molar-refractivity contribution in [2.45, 2.75) is 43.2 Å². The lowest BCUT2D eigenvalue weighted by Gasteiger charge is -2.45. The predicted molar refractivity (Wildman–Crippen MR) is 87.3 cm³/mol. The zero-order valence-electron chi connectivity index (χ0n) is 12.6. The van der Waals surface area contributed by atoms with E-state index in [1.165, 1.54) is 43.1 Å². The van der Waals surface area contributed by atoms with Crippen molar-refractivity contribution in [3.05, 3.63) is 30.3 Å². The summed E-state index contributed by atoms with van der Waals surface area (Å²) in [5.41, 5.74) is 0.267. The first kappa shape index (κ1) is 14.4. The van der Waals surface area contributed by atoms with E-state index >= 15 is 0 Å². The molecule has 1 saturated heterocycles. The van der Waals surface area contributed by atoms with Crippen molar-refractivity contribution < 1.29 is 0 Å². The summed E-state index contributed by atoms with van der Waals surface area (Å²) in [6.07, 6.45) is 2.88. The molecule has 3 heteroatoms. The van der Waals surface area contributed by atoms with E-state index in [0.29, 0.717) is 0 Å². The van der Waals surface area contributed by atoms with Gasteiger partial charge in [-0.15, -0.1) is 11.8 Å². The third kappa shape index (κ3) is 3.78. The van der Waals surface area contributed by atoms with Crippen molar-refractivity contribution in [1.29, 1.82) is 0 Å². The van der Waals surface area contributed by atoms with Crippen LogP contribution in [0.4, 0.5) is 0 Å². The number of hydrogen-bond acceptors (Lipinski definition) is 3. The number of thioether (sulfide) groups is 1. The second-order valence-corrected chi connectivity index (χ2v) is 7.97. The Kier molecular flexibility index (Phi) is 4.39. The highest BCUT2D eigenvalue weighted by Crippen LogP contribution is 2.37. The topological polar surface area (TPSA) is 15.3 Å². The Labute approximate surface area is 127 Å². The molecule has 1 aliphatic carbocycles. The fourth-order valence-corrected chi connectivity index (χ4v) is 4.09. The van der Waals surface area contributed by atoms with Crippen LogP contribution in [0.5, 0.6) is 0 Å². The van der Waals surface area contributed by atoms with Crippen LogP contribution in [0.3, 0.4) is 0 Å². The Morgan fingerprint density at radius 1 is 1.25 bits per heavy atom. The van der Waals surface area contributed by atoms with Gasteiger partial charge in [-0.2, -0.15) is 0 Å². The predicted octanol–water partition coefficient (Wildman–Crippen LogP) is 3.24. The third-order valence-electron chi connectivity index (χ3n) is 4.41. The molecule has 2 fully saturated rings. The highest BCUT2D eigenvalue weighted by atomic mass is 32.2. The summed E-state index contributed by atoms with van der Waals surface area (Å²) in [6.45, 7) is 8.23. The van der Waals surface area contributed by atoms with Crippen LogP contribution in [0.1, 0.15) is 26.7 Å². The zero-order chi connectivity index (χ0) is 14.0. The molecule has 2 nitrogen and oxygen atoms in total. The Hall–Kier alpha value is -0.510. The largest absolute Gasteiger partial charge is 0.309 e. The standard InChI is InChI=1S/C17H26N2S/c1-17(2)13-19(16(12-18-17)14-8-9-14)10-11-20-15-6-4-3-5-7-15/h3-7,14,16,18H,8-13H2,1-2H3. The molecule has 1 atom stereocenters. The fraction of sp³-hybridized carbons (Fsp3) is 0.647. The van der Waals surface area contributed by atoms with Crippen molar-refractivity contribution in [3.63, 3.8) is 0 Å². The maximum absolute atomic E-state index is 3.72. The Morgan fingerprint density at radius 3 is 2.70 bits per heavy atom. The molecule has 1 N–H and O–H groups in total. The average molecular weight is 290 g/mol. The van der Waals surface area contributed by atoms with E-state index in [-0.39, 0.29) is 5.54 Å². The molecule has 20 heavy (non-hydrogen) atoms. The molecule has 0 spiro atoms. The van der Waals surface area contributed by atoms with E-state index in [2.05, 4.69) is 54.4 Å². The number of piperazine rings is 1. The molecule has 3 rings (SSSR count). The van der Waals surface area contributed by atoms with Gasteiger partial charge in [0.1, 0.15) is 0 Å². The van der Waals surface area contributed by atoms with Crippen LogP contribution >= 0.6 is 11.8 Å². The highest BCUT2D eigenvalue weighted by Gasteiger charge is 2.40. The van der Waals surface area contributed by atoms with Crippen LogP contribution in [0.2, 0.25) is 0 Å². The zero-order valence-corrected chi connectivity index (χ0v) is 13.5. The van der Waals surface area contributed by atoms with Crippen LogP contribution in [-0.2, 0) is 0 Å². The lowest BCUT2D eigenvalue weighted by Crippen LogP contribution is -2.62. The van der Waals surface area contributed by atoms with E-state index < -0.39 is 0 Å². The number of nitrogens with one attached hydrogen (secondary N) is 1. The van der Waals surface area contributed by atoms with Crippen LogP contribution < -0.4 is 5.32 Å². The lowest BCUT2D eigenvalue weighted by molar-refractivity contribution is 0.0894. The molecule has 0 bridgehead atoms. The average Bonchev–Trinajstić information content (AvgIpc) is 3.24. The Morgan fingerprint density at radius 2 is 2.00 bits per heavy atom. The molecule has 1 aromatic carbocycles. The first-order valence-corrected chi connectivity index (χ1v) is 8.79. The maximum atomic E-state index is 3.72. The SMILES string of the molecule is CC1(C)CN(CCSc2ccccc2)C(C2CC2)CN1. The molecule has 1 heterocycles. The highest BCUT2D eigenvalue weighted by molar-refractivity contribution is 7.99. The van der Waals surface area contributed by atoms with E-state index in [0.717, 1.165) is 12.0 Å². The van der Waals surface area contributed by atoms with Crippen molar-refractivity contribution in [2.75, 3.05) is 25.4 Å². The molecule has 0 radical (unpaired) electrons. The van der Waals surface area contributed by atoms with E-state index in [9.17, 15) is 0 Å². The van der Waals surface area contributed by atoms with Gasteiger partial charge in [0, 0.05) is 41.9 Å². The van der Waals surface area contributed by atoms with Gasteiger partial charge in [0.25, 0.3) is 0 Å². The van der Waals surface area contributed by atoms with E-state index in [4.69, 9.17) is 0 Å². The number of nitrogens with zero attached hydrogens (tertiary/aromatic N) is 1. The molecule has 0 amide bonds. The number of hydrogen-bond donors (Lipinski definition) is 1. The Bertz CT molecular complexity index is 428. The van der Waals surface area contributed by atoms with Gasteiger partial charge in [-0.05, 0) is 44.7 Å². The molecule has 2 aliphatic rings. The summed E-state index contributed by atoms with van der Waals surface area (Å²) >= 11 is 1.99. The Balaban J connectivity index is 1.53. The molecule has 110 valence electrons. The number of benzene rings is 1. The minimum Gasteiger partial charge on any atom is -0.309 e. The quantitative estimate of drug-likeness (QED) is 0.838. The molecule has 1 unspecified atom stereocenters. The smallest absolute Gasteiger partial charge is 0.0252 e. The summed E-state index contributed by atoms with van der Waals surface area (Å²) in [4.78, 5) is 4.13. The molecule has 1 saturated carbocycles.